The van der Waals surface area contributed by atoms with Crippen LogP contribution >= 0.6 is 0 Å². The molecule has 2 aromatic rings. The smallest absolute Gasteiger partial charge is 0.253 e. The van der Waals surface area contributed by atoms with Gasteiger partial charge < -0.3 is 19.8 Å². The molecule has 0 spiro atoms. The summed E-state index contributed by atoms with van der Waals surface area (Å²) in [7, 11) is 0. The number of hydrogen-bond acceptors (Lipinski definition) is 4. The summed E-state index contributed by atoms with van der Waals surface area (Å²) in [4.78, 5) is 28.3. The van der Waals surface area contributed by atoms with Gasteiger partial charge in [0, 0.05) is 35.9 Å². The first-order chi connectivity index (χ1) is 14.3. The second-order valence-corrected chi connectivity index (χ2v) is 8.10. The molecule has 2 heterocycles. The van der Waals surface area contributed by atoms with E-state index in [1.807, 2.05) is 39.8 Å². The highest BCUT2D eigenvalue weighted by Crippen LogP contribution is 2.41. The Kier molecular flexibility index (Phi) is 6.85. The van der Waals surface area contributed by atoms with Gasteiger partial charge in [-0.25, -0.2) is 0 Å². The molecule has 0 radical (unpaired) electrons. The number of rotatable bonds is 8. The molecule has 1 aliphatic rings. The summed E-state index contributed by atoms with van der Waals surface area (Å²) in [5, 5.41) is 2.95. The van der Waals surface area contributed by atoms with Crippen LogP contribution in [0.25, 0.3) is 0 Å². The Morgan fingerprint density at radius 1 is 1.13 bits per heavy atom. The number of H-pyrrole nitrogens is 1. The van der Waals surface area contributed by atoms with Crippen molar-refractivity contribution >= 4 is 5.91 Å². The molecule has 6 nitrogen and oxygen atoms in total. The molecule has 1 atom stereocenters. The Labute approximate surface area is 178 Å². The van der Waals surface area contributed by atoms with E-state index in [2.05, 4.69) is 17.2 Å². The van der Waals surface area contributed by atoms with Crippen molar-refractivity contribution < 1.29 is 14.3 Å². The zero-order valence-electron chi connectivity index (χ0n) is 18.6. The number of amides is 1. The molecule has 1 aliphatic heterocycles. The van der Waals surface area contributed by atoms with Gasteiger partial charge >= 0.3 is 0 Å². The number of aryl methyl sites for hydroxylation is 3. The standard InChI is InChI=1S/C24H32N2O4/c1-6-7-8-9-10-18-12-20-22(30-17(5)29-20)16(4)21(18)24(28)25-13-19-14(2)11-15(3)26-23(19)27/h11-12,17H,6-10,13H2,1-5H3,(H,25,28)(H,26,27). The molecule has 0 bridgehead atoms. The highest BCUT2D eigenvalue weighted by molar-refractivity contribution is 5.98. The van der Waals surface area contributed by atoms with Gasteiger partial charge in [-0.3, -0.25) is 9.59 Å². The summed E-state index contributed by atoms with van der Waals surface area (Å²) < 4.78 is 11.5. The van der Waals surface area contributed by atoms with Crippen molar-refractivity contribution in [2.75, 3.05) is 0 Å². The van der Waals surface area contributed by atoms with E-state index < -0.39 is 0 Å². The number of pyridine rings is 1. The monoisotopic (exact) mass is 412 g/mol. The average Bonchev–Trinajstić information content (AvgIpc) is 3.05. The second kappa shape index (κ2) is 9.37. The van der Waals surface area contributed by atoms with Crippen molar-refractivity contribution in [3.8, 4) is 11.5 Å². The van der Waals surface area contributed by atoms with E-state index in [4.69, 9.17) is 9.47 Å². The minimum atomic E-state index is -0.362. The number of hydrogen-bond donors (Lipinski definition) is 2. The van der Waals surface area contributed by atoms with Crippen LogP contribution in [0.4, 0.5) is 0 Å². The lowest BCUT2D eigenvalue weighted by Gasteiger charge is -2.15. The van der Waals surface area contributed by atoms with Gasteiger partial charge in [0.2, 0.25) is 6.29 Å². The average molecular weight is 413 g/mol. The zero-order chi connectivity index (χ0) is 21.8. The lowest BCUT2D eigenvalue weighted by atomic mass is 9.95. The molecule has 0 fully saturated rings. The minimum absolute atomic E-state index is 0.163. The minimum Gasteiger partial charge on any atom is -0.451 e. The predicted octanol–water partition coefficient (Wildman–Crippen LogP) is 4.47. The lowest BCUT2D eigenvalue weighted by molar-refractivity contribution is 0.0674. The van der Waals surface area contributed by atoms with Crippen LogP contribution in [0.3, 0.4) is 0 Å². The number of fused-ring (bicyclic) bond motifs is 1. The molecule has 2 N–H and O–H groups in total. The van der Waals surface area contributed by atoms with Crippen LogP contribution in [0.2, 0.25) is 0 Å². The van der Waals surface area contributed by atoms with E-state index in [1.54, 1.807) is 0 Å². The molecule has 1 amide bonds. The maximum absolute atomic E-state index is 13.2. The summed E-state index contributed by atoms with van der Waals surface area (Å²) >= 11 is 0. The second-order valence-electron chi connectivity index (χ2n) is 8.10. The first-order valence-electron chi connectivity index (χ1n) is 10.8. The van der Waals surface area contributed by atoms with Crippen molar-refractivity contribution in [3.63, 3.8) is 0 Å². The molecule has 1 unspecified atom stereocenters. The molecular formula is C24H32N2O4. The molecule has 162 valence electrons. The quantitative estimate of drug-likeness (QED) is 0.627. The summed E-state index contributed by atoms with van der Waals surface area (Å²) in [5.74, 6) is 1.14. The zero-order valence-corrected chi connectivity index (χ0v) is 18.6. The van der Waals surface area contributed by atoms with E-state index in [0.717, 1.165) is 48.1 Å². The van der Waals surface area contributed by atoms with Crippen LogP contribution in [0.1, 0.15) is 77.8 Å². The number of ether oxygens (including phenoxy) is 2. The summed E-state index contributed by atoms with van der Waals surface area (Å²) in [5.41, 5.74) is 4.47. The Morgan fingerprint density at radius 3 is 2.60 bits per heavy atom. The third-order valence-corrected chi connectivity index (χ3v) is 5.59. The first kappa shape index (κ1) is 21.9. The van der Waals surface area contributed by atoms with E-state index in [9.17, 15) is 9.59 Å². The molecule has 3 rings (SSSR count). The van der Waals surface area contributed by atoms with Crippen LogP contribution in [-0.2, 0) is 13.0 Å². The largest absolute Gasteiger partial charge is 0.451 e. The Hall–Kier alpha value is -2.76. The van der Waals surface area contributed by atoms with Gasteiger partial charge in [-0.05, 0) is 56.9 Å². The molecular weight excluding hydrogens is 380 g/mol. The first-order valence-corrected chi connectivity index (χ1v) is 10.8. The van der Waals surface area contributed by atoms with Crippen LogP contribution in [0, 0.1) is 20.8 Å². The van der Waals surface area contributed by atoms with Gasteiger partial charge in [0.05, 0.1) is 0 Å². The molecule has 30 heavy (non-hydrogen) atoms. The van der Waals surface area contributed by atoms with Crippen LogP contribution in [0.5, 0.6) is 11.5 Å². The summed E-state index contributed by atoms with van der Waals surface area (Å²) in [6, 6.07) is 3.85. The summed E-state index contributed by atoms with van der Waals surface area (Å²) in [6.07, 6.45) is 4.92. The van der Waals surface area contributed by atoms with E-state index >= 15 is 0 Å². The fraction of sp³-hybridized carbons (Fsp3) is 0.500. The molecule has 6 heteroatoms. The maximum Gasteiger partial charge on any atom is 0.253 e. The van der Waals surface area contributed by atoms with E-state index in [-0.39, 0.29) is 24.3 Å². The predicted molar refractivity (Wildman–Crippen MR) is 117 cm³/mol. The van der Waals surface area contributed by atoms with Crippen LogP contribution in [0.15, 0.2) is 16.9 Å². The maximum atomic E-state index is 13.2. The van der Waals surface area contributed by atoms with Crippen LogP contribution in [-0.4, -0.2) is 17.2 Å². The number of benzene rings is 1. The highest BCUT2D eigenvalue weighted by atomic mass is 16.7. The van der Waals surface area contributed by atoms with Crippen molar-refractivity contribution in [1.82, 2.24) is 10.3 Å². The normalized spacial score (nSPS) is 14.8. The number of aromatic nitrogens is 1. The van der Waals surface area contributed by atoms with Gasteiger partial charge in [0.1, 0.15) is 0 Å². The lowest BCUT2D eigenvalue weighted by Crippen LogP contribution is -2.29. The van der Waals surface area contributed by atoms with Gasteiger partial charge in [-0.2, -0.15) is 0 Å². The number of unbranched alkanes of at least 4 members (excludes halogenated alkanes) is 3. The van der Waals surface area contributed by atoms with Gasteiger partial charge in [0.25, 0.3) is 11.5 Å². The molecule has 1 aromatic carbocycles. The third kappa shape index (κ3) is 4.69. The molecule has 0 saturated heterocycles. The Bertz CT molecular complexity index is 994. The van der Waals surface area contributed by atoms with Gasteiger partial charge in [-0.1, -0.05) is 26.2 Å². The van der Waals surface area contributed by atoms with Crippen molar-refractivity contribution in [1.29, 1.82) is 0 Å². The van der Waals surface area contributed by atoms with Crippen molar-refractivity contribution in [2.45, 2.75) is 79.6 Å². The Balaban J connectivity index is 1.86. The number of nitrogens with one attached hydrogen (secondary N) is 2. The van der Waals surface area contributed by atoms with Crippen molar-refractivity contribution in [2.24, 2.45) is 0 Å². The van der Waals surface area contributed by atoms with Gasteiger partial charge in [-0.15, -0.1) is 0 Å². The highest BCUT2D eigenvalue weighted by Gasteiger charge is 2.28. The molecule has 0 aliphatic carbocycles. The van der Waals surface area contributed by atoms with E-state index in [0.29, 0.717) is 22.6 Å². The fourth-order valence-corrected chi connectivity index (χ4v) is 4.05. The summed E-state index contributed by atoms with van der Waals surface area (Å²) in [6.45, 7) is 9.83. The molecule has 1 aromatic heterocycles. The molecule has 0 saturated carbocycles. The van der Waals surface area contributed by atoms with E-state index in [1.165, 1.54) is 6.42 Å². The topological polar surface area (TPSA) is 80.4 Å². The van der Waals surface area contributed by atoms with Crippen molar-refractivity contribution in [3.05, 3.63) is 56.0 Å². The number of carbonyl (C=O) groups is 1. The fourth-order valence-electron chi connectivity index (χ4n) is 4.05. The van der Waals surface area contributed by atoms with Gasteiger partial charge in [0.15, 0.2) is 11.5 Å². The SMILES string of the molecule is CCCCCCc1cc2c(c(C)c1C(=O)NCc1c(C)cc(C)[nH]c1=O)OC(C)O2. The third-order valence-electron chi connectivity index (χ3n) is 5.59. The Morgan fingerprint density at radius 2 is 1.90 bits per heavy atom. The number of carbonyl (C=O) groups excluding carboxylic acids is 1. The number of aromatic amines is 1. The van der Waals surface area contributed by atoms with Crippen LogP contribution < -0.4 is 20.3 Å².